The van der Waals surface area contributed by atoms with Gasteiger partial charge in [-0.25, -0.2) is 0 Å². The molecule has 0 atom stereocenters. The number of carbonyl (C=O) groups is 1. The molecule has 0 saturated carbocycles. The fourth-order valence-corrected chi connectivity index (χ4v) is 2.48. The number of H-pyrrole nitrogens is 1. The third kappa shape index (κ3) is 4.49. The zero-order valence-electron chi connectivity index (χ0n) is 11.4. The highest BCUT2D eigenvalue weighted by molar-refractivity contribution is 9.10. The first-order chi connectivity index (χ1) is 9.65. The number of rotatable bonds is 6. The largest absolute Gasteiger partial charge is 0.356 e. The number of aryl methyl sites for hydroxylation is 2. The predicted octanol–water partition coefficient (Wildman–Crippen LogP) is 2.77. The van der Waals surface area contributed by atoms with Crippen molar-refractivity contribution in [3.05, 3.63) is 51.8 Å². The monoisotopic (exact) mass is 335 g/mol. The lowest BCUT2D eigenvalue weighted by Gasteiger charge is -2.05. The molecule has 0 bridgehead atoms. The van der Waals surface area contributed by atoms with Crippen molar-refractivity contribution in [1.29, 1.82) is 0 Å². The number of nitrogens with zero attached hydrogens (tertiary/aromatic N) is 1. The van der Waals surface area contributed by atoms with Gasteiger partial charge in [0.25, 0.3) is 0 Å². The van der Waals surface area contributed by atoms with Gasteiger partial charge in [-0.3, -0.25) is 9.89 Å². The standard InChI is InChI=1S/C15H18BrN3O/c1-11-13(10-18-19-11)5-3-7-17-15(20)9-12-4-2-6-14(16)8-12/h2,4,6,8,10H,3,5,7,9H2,1H3,(H,17,20)(H,18,19). The zero-order valence-corrected chi connectivity index (χ0v) is 13.0. The minimum Gasteiger partial charge on any atom is -0.356 e. The third-order valence-electron chi connectivity index (χ3n) is 3.13. The number of aromatic amines is 1. The molecule has 1 aromatic carbocycles. The summed E-state index contributed by atoms with van der Waals surface area (Å²) in [4.78, 5) is 11.8. The highest BCUT2D eigenvalue weighted by Gasteiger charge is 2.04. The summed E-state index contributed by atoms with van der Waals surface area (Å²) in [5.41, 5.74) is 3.33. The number of carbonyl (C=O) groups excluding carboxylic acids is 1. The summed E-state index contributed by atoms with van der Waals surface area (Å²) in [5, 5.41) is 9.84. The molecular formula is C15H18BrN3O. The lowest BCUT2D eigenvalue weighted by atomic mass is 10.1. The van der Waals surface area contributed by atoms with E-state index in [2.05, 4.69) is 31.4 Å². The van der Waals surface area contributed by atoms with Gasteiger partial charge in [0.15, 0.2) is 0 Å². The van der Waals surface area contributed by atoms with Crippen molar-refractivity contribution in [3.63, 3.8) is 0 Å². The molecule has 0 fully saturated rings. The minimum atomic E-state index is 0.0621. The second-order valence-corrected chi connectivity index (χ2v) is 5.70. The van der Waals surface area contributed by atoms with E-state index in [0.717, 1.165) is 28.6 Å². The normalized spacial score (nSPS) is 10.5. The molecular weight excluding hydrogens is 318 g/mol. The highest BCUT2D eigenvalue weighted by atomic mass is 79.9. The Kier molecular flexibility index (Phi) is 5.35. The van der Waals surface area contributed by atoms with E-state index < -0.39 is 0 Å². The first kappa shape index (κ1) is 14.8. The topological polar surface area (TPSA) is 57.8 Å². The van der Waals surface area contributed by atoms with Crippen LogP contribution in [0.1, 0.15) is 23.2 Å². The molecule has 0 aliphatic carbocycles. The van der Waals surface area contributed by atoms with Gasteiger partial charge in [0, 0.05) is 16.7 Å². The maximum atomic E-state index is 11.8. The van der Waals surface area contributed by atoms with Crippen LogP contribution in [0, 0.1) is 6.92 Å². The van der Waals surface area contributed by atoms with Crippen LogP contribution in [0.2, 0.25) is 0 Å². The molecule has 5 heteroatoms. The second-order valence-electron chi connectivity index (χ2n) is 4.78. The Hall–Kier alpha value is -1.62. The molecule has 0 unspecified atom stereocenters. The Balaban J connectivity index is 1.69. The predicted molar refractivity (Wildman–Crippen MR) is 82.5 cm³/mol. The lowest BCUT2D eigenvalue weighted by molar-refractivity contribution is -0.120. The van der Waals surface area contributed by atoms with E-state index in [1.165, 1.54) is 5.56 Å². The number of hydrogen-bond donors (Lipinski definition) is 2. The molecule has 1 aromatic heterocycles. The van der Waals surface area contributed by atoms with Gasteiger partial charge in [0.05, 0.1) is 12.6 Å². The molecule has 1 amide bonds. The van der Waals surface area contributed by atoms with Crippen LogP contribution in [0.4, 0.5) is 0 Å². The molecule has 0 radical (unpaired) electrons. The van der Waals surface area contributed by atoms with Gasteiger partial charge in [0.2, 0.25) is 5.91 Å². The number of aromatic nitrogens is 2. The van der Waals surface area contributed by atoms with Crippen LogP contribution in [0.25, 0.3) is 0 Å². The molecule has 4 nitrogen and oxygen atoms in total. The molecule has 106 valence electrons. The molecule has 1 heterocycles. The van der Waals surface area contributed by atoms with Crippen molar-refractivity contribution >= 4 is 21.8 Å². The molecule has 0 aliphatic heterocycles. The van der Waals surface area contributed by atoms with E-state index >= 15 is 0 Å². The van der Waals surface area contributed by atoms with Gasteiger partial charge in [0.1, 0.15) is 0 Å². The summed E-state index contributed by atoms with van der Waals surface area (Å²) in [5.74, 6) is 0.0621. The highest BCUT2D eigenvalue weighted by Crippen LogP contribution is 2.12. The molecule has 20 heavy (non-hydrogen) atoms. The van der Waals surface area contributed by atoms with Gasteiger partial charge < -0.3 is 5.32 Å². The van der Waals surface area contributed by atoms with E-state index in [-0.39, 0.29) is 5.91 Å². The number of benzene rings is 1. The van der Waals surface area contributed by atoms with E-state index in [1.54, 1.807) is 0 Å². The van der Waals surface area contributed by atoms with Crippen LogP contribution in [0.5, 0.6) is 0 Å². The smallest absolute Gasteiger partial charge is 0.224 e. The summed E-state index contributed by atoms with van der Waals surface area (Å²) in [6, 6.07) is 7.82. The van der Waals surface area contributed by atoms with Crippen LogP contribution in [-0.2, 0) is 17.6 Å². The molecule has 2 N–H and O–H groups in total. The lowest BCUT2D eigenvalue weighted by Crippen LogP contribution is -2.26. The van der Waals surface area contributed by atoms with Crippen molar-refractivity contribution < 1.29 is 4.79 Å². The van der Waals surface area contributed by atoms with Crippen molar-refractivity contribution in [2.24, 2.45) is 0 Å². The van der Waals surface area contributed by atoms with E-state index in [1.807, 2.05) is 37.4 Å². The maximum absolute atomic E-state index is 11.8. The quantitative estimate of drug-likeness (QED) is 0.797. The third-order valence-corrected chi connectivity index (χ3v) is 3.63. The maximum Gasteiger partial charge on any atom is 0.224 e. The molecule has 0 saturated heterocycles. The van der Waals surface area contributed by atoms with Crippen molar-refractivity contribution in [3.8, 4) is 0 Å². The summed E-state index contributed by atoms with van der Waals surface area (Å²) < 4.78 is 0.998. The number of nitrogens with one attached hydrogen (secondary N) is 2. The average Bonchev–Trinajstić information content (AvgIpc) is 2.80. The minimum absolute atomic E-state index is 0.0621. The Morgan fingerprint density at radius 3 is 3.00 bits per heavy atom. The number of amides is 1. The zero-order chi connectivity index (χ0) is 14.4. The summed E-state index contributed by atoms with van der Waals surface area (Å²) in [6.45, 7) is 2.70. The Bertz CT molecular complexity index is 580. The van der Waals surface area contributed by atoms with Crippen LogP contribution < -0.4 is 5.32 Å². The number of hydrogen-bond acceptors (Lipinski definition) is 2. The molecule has 2 aromatic rings. The van der Waals surface area contributed by atoms with E-state index in [4.69, 9.17) is 0 Å². The van der Waals surface area contributed by atoms with Crippen LogP contribution >= 0.6 is 15.9 Å². The molecule has 0 spiro atoms. The van der Waals surface area contributed by atoms with Crippen molar-refractivity contribution in [2.75, 3.05) is 6.54 Å². The van der Waals surface area contributed by atoms with Crippen molar-refractivity contribution in [1.82, 2.24) is 15.5 Å². The SMILES string of the molecule is Cc1[nH]ncc1CCCNC(=O)Cc1cccc(Br)c1. The fraction of sp³-hybridized carbons (Fsp3) is 0.333. The van der Waals surface area contributed by atoms with Gasteiger partial charge >= 0.3 is 0 Å². The summed E-state index contributed by atoms with van der Waals surface area (Å²) in [7, 11) is 0. The van der Waals surface area contributed by atoms with Gasteiger partial charge in [-0.15, -0.1) is 0 Å². The second kappa shape index (κ2) is 7.24. The average molecular weight is 336 g/mol. The fourth-order valence-electron chi connectivity index (χ4n) is 2.03. The van der Waals surface area contributed by atoms with Gasteiger partial charge in [-0.05, 0) is 43.0 Å². The Labute approximate surface area is 127 Å². The van der Waals surface area contributed by atoms with Crippen molar-refractivity contribution in [2.45, 2.75) is 26.2 Å². The number of halogens is 1. The molecule has 2 rings (SSSR count). The summed E-state index contributed by atoms with van der Waals surface area (Å²) >= 11 is 3.40. The van der Waals surface area contributed by atoms with E-state index in [0.29, 0.717) is 13.0 Å². The Morgan fingerprint density at radius 1 is 1.45 bits per heavy atom. The van der Waals surface area contributed by atoms with Crippen LogP contribution in [0.15, 0.2) is 34.9 Å². The van der Waals surface area contributed by atoms with Gasteiger partial charge in [-0.1, -0.05) is 28.1 Å². The van der Waals surface area contributed by atoms with Gasteiger partial charge in [-0.2, -0.15) is 5.10 Å². The molecule has 0 aliphatic rings. The first-order valence-corrected chi connectivity index (χ1v) is 7.44. The first-order valence-electron chi connectivity index (χ1n) is 6.65. The van der Waals surface area contributed by atoms with Crippen LogP contribution in [-0.4, -0.2) is 22.6 Å². The van der Waals surface area contributed by atoms with E-state index in [9.17, 15) is 4.79 Å². The van der Waals surface area contributed by atoms with Crippen LogP contribution in [0.3, 0.4) is 0 Å². The Morgan fingerprint density at radius 2 is 2.30 bits per heavy atom. The summed E-state index contributed by atoms with van der Waals surface area (Å²) in [6.07, 6.45) is 4.12.